The molecule has 0 aliphatic rings. The molecule has 1 amide bonds. The zero-order valence-corrected chi connectivity index (χ0v) is 14.3. The van der Waals surface area contributed by atoms with E-state index in [4.69, 9.17) is 0 Å². The van der Waals surface area contributed by atoms with Crippen molar-refractivity contribution in [3.63, 3.8) is 0 Å². The fourth-order valence-electron chi connectivity index (χ4n) is 2.59. The highest BCUT2D eigenvalue weighted by atomic mass is 19.1. The van der Waals surface area contributed by atoms with Gasteiger partial charge in [-0.1, -0.05) is 18.2 Å². The lowest BCUT2D eigenvalue weighted by molar-refractivity contribution is 0.0955. The summed E-state index contributed by atoms with van der Waals surface area (Å²) in [6.07, 6.45) is 0. The van der Waals surface area contributed by atoms with Crippen molar-refractivity contribution in [3.05, 3.63) is 87.6 Å². The fourth-order valence-corrected chi connectivity index (χ4v) is 2.59. The summed E-state index contributed by atoms with van der Waals surface area (Å²) in [5.74, 6) is -0.747. The third-order valence-electron chi connectivity index (χ3n) is 3.88. The highest BCUT2D eigenvalue weighted by molar-refractivity contribution is 6.01. The van der Waals surface area contributed by atoms with Crippen LogP contribution in [0.15, 0.2) is 64.5 Å². The minimum absolute atomic E-state index is 0.329. The molecular formula is C19H17FN4O2. The molecule has 1 aromatic heterocycles. The van der Waals surface area contributed by atoms with Gasteiger partial charge in [0.2, 0.25) is 0 Å². The molecule has 7 heteroatoms. The summed E-state index contributed by atoms with van der Waals surface area (Å²) in [5, 5.41) is 6.97. The average molecular weight is 352 g/mol. The van der Waals surface area contributed by atoms with E-state index < -0.39 is 0 Å². The molecule has 3 aromatic rings. The van der Waals surface area contributed by atoms with Crippen molar-refractivity contribution >= 4 is 11.6 Å². The van der Waals surface area contributed by atoms with Crippen LogP contribution < -0.4 is 11.0 Å². The van der Waals surface area contributed by atoms with Crippen LogP contribution in [0.3, 0.4) is 0 Å². The zero-order chi connectivity index (χ0) is 18.7. The molecule has 0 saturated carbocycles. The van der Waals surface area contributed by atoms with E-state index in [-0.39, 0.29) is 17.3 Å². The van der Waals surface area contributed by atoms with Gasteiger partial charge in [0, 0.05) is 11.3 Å². The Morgan fingerprint density at radius 3 is 2.42 bits per heavy atom. The minimum atomic E-state index is -0.383. The van der Waals surface area contributed by atoms with E-state index in [1.54, 1.807) is 38.1 Å². The Hall–Kier alpha value is -3.48. The second-order valence-corrected chi connectivity index (χ2v) is 5.73. The summed E-state index contributed by atoms with van der Waals surface area (Å²) in [6.45, 7) is 3.37. The van der Waals surface area contributed by atoms with E-state index in [1.165, 1.54) is 28.9 Å². The third kappa shape index (κ3) is 3.46. The summed E-state index contributed by atoms with van der Waals surface area (Å²) in [6, 6.07) is 14.2. The number of H-pyrrole nitrogens is 1. The van der Waals surface area contributed by atoms with Crippen LogP contribution in [-0.2, 0) is 0 Å². The number of nitrogens with zero attached hydrogens (tertiary/aromatic N) is 2. The number of rotatable bonds is 4. The lowest BCUT2D eigenvalue weighted by Crippen LogP contribution is -2.23. The van der Waals surface area contributed by atoms with Crippen LogP contribution >= 0.6 is 0 Å². The Morgan fingerprint density at radius 1 is 1.12 bits per heavy atom. The number of nitrogens with one attached hydrogen (secondary N) is 2. The number of hydrazone groups is 1. The smallest absolute Gasteiger partial charge is 0.280 e. The van der Waals surface area contributed by atoms with Crippen LogP contribution in [-0.4, -0.2) is 21.4 Å². The van der Waals surface area contributed by atoms with Crippen molar-refractivity contribution in [1.29, 1.82) is 0 Å². The summed E-state index contributed by atoms with van der Waals surface area (Å²) in [5.41, 5.74) is 4.40. The SMILES string of the molecule is CC(=NNC(=O)c1ccccc1)c1c(C)[nH]n(-c2ccc(F)cc2)c1=O. The van der Waals surface area contributed by atoms with E-state index in [2.05, 4.69) is 15.6 Å². The molecule has 0 unspecified atom stereocenters. The zero-order valence-electron chi connectivity index (χ0n) is 14.3. The molecule has 0 aliphatic carbocycles. The Kier molecular flexibility index (Phi) is 4.79. The molecule has 0 saturated heterocycles. The number of aromatic amines is 1. The number of carbonyl (C=O) groups is 1. The molecule has 0 bridgehead atoms. The number of benzene rings is 2. The van der Waals surface area contributed by atoms with Crippen molar-refractivity contribution in [1.82, 2.24) is 15.2 Å². The maximum Gasteiger partial charge on any atom is 0.280 e. The second-order valence-electron chi connectivity index (χ2n) is 5.73. The van der Waals surface area contributed by atoms with E-state index in [9.17, 15) is 14.0 Å². The molecule has 0 radical (unpaired) electrons. The summed E-state index contributed by atoms with van der Waals surface area (Å²) >= 11 is 0. The Morgan fingerprint density at radius 2 is 1.77 bits per heavy atom. The molecule has 0 atom stereocenters. The molecular weight excluding hydrogens is 335 g/mol. The van der Waals surface area contributed by atoms with Crippen LogP contribution in [0, 0.1) is 12.7 Å². The maximum atomic E-state index is 13.1. The van der Waals surface area contributed by atoms with Gasteiger partial charge in [-0.2, -0.15) is 5.10 Å². The Bertz CT molecular complexity index is 1020. The number of hydrogen-bond acceptors (Lipinski definition) is 3. The van der Waals surface area contributed by atoms with Gasteiger partial charge >= 0.3 is 0 Å². The molecule has 6 nitrogen and oxygen atoms in total. The number of aromatic nitrogens is 2. The first-order chi connectivity index (χ1) is 12.5. The predicted molar refractivity (Wildman–Crippen MR) is 97.2 cm³/mol. The lowest BCUT2D eigenvalue weighted by Gasteiger charge is -2.01. The molecule has 2 aromatic carbocycles. The van der Waals surface area contributed by atoms with Gasteiger partial charge in [0.15, 0.2) is 0 Å². The second kappa shape index (κ2) is 7.18. The summed E-state index contributed by atoms with van der Waals surface area (Å²) < 4.78 is 14.4. The first kappa shape index (κ1) is 17.3. The molecule has 0 aliphatic heterocycles. The molecule has 26 heavy (non-hydrogen) atoms. The highest BCUT2D eigenvalue weighted by Crippen LogP contribution is 2.09. The number of hydrogen-bond donors (Lipinski definition) is 2. The van der Waals surface area contributed by atoms with Gasteiger partial charge in [-0.25, -0.2) is 14.5 Å². The first-order valence-electron chi connectivity index (χ1n) is 7.95. The van der Waals surface area contributed by atoms with Crippen molar-refractivity contribution in [2.75, 3.05) is 0 Å². The summed E-state index contributed by atoms with van der Waals surface area (Å²) in [4.78, 5) is 24.7. The lowest BCUT2D eigenvalue weighted by atomic mass is 10.2. The Labute approximate surface area is 149 Å². The van der Waals surface area contributed by atoms with Gasteiger partial charge in [-0.15, -0.1) is 0 Å². The van der Waals surface area contributed by atoms with Crippen LogP contribution in [0.5, 0.6) is 0 Å². The predicted octanol–water partition coefficient (Wildman–Crippen LogP) is 2.77. The largest absolute Gasteiger partial charge is 0.295 e. The molecule has 1 heterocycles. The van der Waals surface area contributed by atoms with Crippen LogP contribution in [0.1, 0.15) is 28.5 Å². The first-order valence-corrected chi connectivity index (χ1v) is 7.95. The topological polar surface area (TPSA) is 79.2 Å². The monoisotopic (exact) mass is 352 g/mol. The number of carbonyl (C=O) groups excluding carboxylic acids is 1. The minimum Gasteiger partial charge on any atom is -0.295 e. The molecule has 0 fully saturated rings. The van der Waals surface area contributed by atoms with Gasteiger partial charge in [-0.3, -0.25) is 14.7 Å². The average Bonchev–Trinajstić information content (AvgIpc) is 2.95. The molecule has 3 rings (SSSR count). The van der Waals surface area contributed by atoms with Crippen LogP contribution in [0.25, 0.3) is 5.69 Å². The van der Waals surface area contributed by atoms with Gasteiger partial charge in [0.05, 0.1) is 17.0 Å². The third-order valence-corrected chi connectivity index (χ3v) is 3.88. The van der Waals surface area contributed by atoms with E-state index >= 15 is 0 Å². The number of halogens is 1. The van der Waals surface area contributed by atoms with E-state index in [0.29, 0.717) is 28.2 Å². The van der Waals surface area contributed by atoms with Crippen molar-refractivity contribution in [3.8, 4) is 5.69 Å². The van der Waals surface area contributed by atoms with Crippen molar-refractivity contribution in [2.24, 2.45) is 5.10 Å². The van der Waals surface area contributed by atoms with Gasteiger partial charge in [0.1, 0.15) is 5.82 Å². The van der Waals surface area contributed by atoms with Crippen LogP contribution in [0.2, 0.25) is 0 Å². The van der Waals surface area contributed by atoms with Crippen molar-refractivity contribution < 1.29 is 9.18 Å². The van der Waals surface area contributed by atoms with Gasteiger partial charge in [-0.05, 0) is 50.2 Å². The van der Waals surface area contributed by atoms with E-state index in [1.807, 2.05) is 6.07 Å². The standard InChI is InChI=1S/C19H17FN4O2/c1-12(21-22-18(25)14-6-4-3-5-7-14)17-13(2)23-24(19(17)26)16-10-8-15(20)9-11-16/h3-11,23H,1-2H3,(H,22,25). The molecule has 132 valence electrons. The molecule has 2 N–H and O–H groups in total. The summed E-state index contributed by atoms with van der Waals surface area (Å²) in [7, 11) is 0. The maximum absolute atomic E-state index is 13.1. The quantitative estimate of drug-likeness (QED) is 0.559. The van der Waals surface area contributed by atoms with Crippen molar-refractivity contribution in [2.45, 2.75) is 13.8 Å². The van der Waals surface area contributed by atoms with Gasteiger partial charge in [0.25, 0.3) is 11.5 Å². The van der Waals surface area contributed by atoms with Gasteiger partial charge < -0.3 is 0 Å². The van der Waals surface area contributed by atoms with E-state index in [0.717, 1.165) is 0 Å². The normalized spacial score (nSPS) is 11.4. The molecule has 0 spiro atoms. The number of aryl methyl sites for hydroxylation is 1. The highest BCUT2D eigenvalue weighted by Gasteiger charge is 2.15. The van der Waals surface area contributed by atoms with Crippen LogP contribution in [0.4, 0.5) is 4.39 Å². The Balaban J connectivity index is 1.88. The fraction of sp³-hybridized carbons (Fsp3) is 0.105. The number of amides is 1.